The van der Waals surface area contributed by atoms with Gasteiger partial charge in [0.1, 0.15) is 29.9 Å². The van der Waals surface area contributed by atoms with Crippen molar-refractivity contribution >= 4 is 29.1 Å². The van der Waals surface area contributed by atoms with Crippen molar-refractivity contribution in [2.24, 2.45) is 4.99 Å². The minimum Gasteiger partial charge on any atom is -0.497 e. The molecule has 46 heavy (non-hydrogen) atoms. The van der Waals surface area contributed by atoms with Gasteiger partial charge in [0.15, 0.2) is 4.80 Å². The lowest BCUT2D eigenvalue weighted by Gasteiger charge is -2.27. The Bertz CT molecular complexity index is 1980. The van der Waals surface area contributed by atoms with Gasteiger partial charge in [-0.3, -0.25) is 19.5 Å². The van der Waals surface area contributed by atoms with Gasteiger partial charge in [0.05, 0.1) is 41.6 Å². The normalized spacial score (nSPS) is 14.3. The maximum Gasteiger partial charge on any atom is 0.338 e. The number of nitro groups is 1. The fourth-order valence-electron chi connectivity index (χ4n) is 5.22. The molecule has 11 nitrogen and oxygen atoms in total. The van der Waals surface area contributed by atoms with Crippen molar-refractivity contribution in [1.29, 1.82) is 0 Å². The number of aromatic nitrogens is 1. The molecular weight excluding hydrogens is 610 g/mol. The molecular formula is C34H33N3O8S. The average Bonchev–Trinajstić information content (AvgIpc) is 3.37. The van der Waals surface area contributed by atoms with Crippen molar-refractivity contribution in [3.63, 3.8) is 0 Å². The van der Waals surface area contributed by atoms with E-state index in [0.717, 1.165) is 12.0 Å². The number of nitrogens with zero attached hydrogens (tertiary/aromatic N) is 3. The summed E-state index contributed by atoms with van der Waals surface area (Å²) in [7, 11) is 3.08. The molecule has 1 aliphatic rings. The van der Waals surface area contributed by atoms with Gasteiger partial charge in [-0.1, -0.05) is 42.9 Å². The van der Waals surface area contributed by atoms with Crippen molar-refractivity contribution in [2.75, 3.05) is 20.8 Å². The largest absolute Gasteiger partial charge is 0.497 e. The zero-order chi connectivity index (χ0) is 32.8. The Labute approximate surface area is 268 Å². The molecule has 4 aromatic rings. The molecule has 5 rings (SSSR count). The van der Waals surface area contributed by atoms with Crippen LogP contribution in [0.3, 0.4) is 0 Å². The second-order valence-corrected chi connectivity index (χ2v) is 11.3. The summed E-state index contributed by atoms with van der Waals surface area (Å²) in [5, 5.41) is 11.0. The second kappa shape index (κ2) is 14.2. The van der Waals surface area contributed by atoms with Crippen LogP contribution in [0.1, 0.15) is 49.4 Å². The second-order valence-electron chi connectivity index (χ2n) is 10.3. The summed E-state index contributed by atoms with van der Waals surface area (Å²) >= 11 is 1.21. The maximum atomic E-state index is 14.3. The Morgan fingerprint density at radius 3 is 2.48 bits per heavy atom. The molecule has 0 N–H and O–H groups in total. The van der Waals surface area contributed by atoms with Crippen LogP contribution in [-0.4, -0.2) is 36.3 Å². The van der Waals surface area contributed by atoms with Gasteiger partial charge in [0.2, 0.25) is 0 Å². The molecule has 0 saturated carbocycles. The highest BCUT2D eigenvalue weighted by Crippen LogP contribution is 2.38. The lowest BCUT2D eigenvalue weighted by atomic mass is 9.93. The SMILES string of the molecule is CCCC1=C(C(=O)OCC)[C@@H](c2cc(OC)ccc2OC)n2c(s/c(=C/c3ccccc3OCc3ccc([N+](=O)[O-])cc3)c2=O)=N1. The molecule has 0 saturated heterocycles. The first-order chi connectivity index (χ1) is 22.3. The van der Waals surface area contributed by atoms with Crippen LogP contribution in [-0.2, 0) is 16.1 Å². The lowest BCUT2D eigenvalue weighted by molar-refractivity contribution is -0.384. The number of nitro benzene ring substituents is 1. The summed E-state index contributed by atoms with van der Waals surface area (Å²) in [6.07, 6.45) is 2.96. The number of thiazole rings is 1. The van der Waals surface area contributed by atoms with E-state index in [4.69, 9.17) is 23.9 Å². The van der Waals surface area contributed by atoms with E-state index in [-0.39, 0.29) is 30.0 Å². The smallest absolute Gasteiger partial charge is 0.338 e. The third kappa shape index (κ3) is 6.57. The molecule has 0 fully saturated rings. The van der Waals surface area contributed by atoms with Crippen molar-refractivity contribution in [3.05, 3.63) is 124 Å². The van der Waals surface area contributed by atoms with E-state index in [9.17, 15) is 19.7 Å². The summed E-state index contributed by atoms with van der Waals surface area (Å²) < 4.78 is 24.7. The number of carbonyl (C=O) groups is 1. The average molecular weight is 644 g/mol. The molecule has 238 valence electrons. The standard InChI is InChI=1S/C34H33N3O8S/c1-5-9-26-30(33(39)44-6-2)31(25-19-24(42-3)16-17-28(25)43-4)36-32(38)29(46-34(36)35-26)18-22-10-7-8-11-27(22)45-20-21-12-14-23(15-13-21)37(40)41/h7-8,10-19,31H,5-6,9,20H2,1-4H3/b29-18+/t31-/m1/s1. The van der Waals surface area contributed by atoms with Gasteiger partial charge in [-0.05, 0) is 61.4 Å². The van der Waals surface area contributed by atoms with Crippen LogP contribution < -0.4 is 29.1 Å². The molecule has 1 aliphatic heterocycles. The number of benzene rings is 3. The van der Waals surface area contributed by atoms with E-state index >= 15 is 0 Å². The van der Waals surface area contributed by atoms with Crippen LogP contribution in [0.25, 0.3) is 6.08 Å². The van der Waals surface area contributed by atoms with Crippen LogP contribution >= 0.6 is 11.3 Å². The fraction of sp³-hybridized carbons (Fsp3) is 0.265. The molecule has 2 heterocycles. The van der Waals surface area contributed by atoms with Crippen LogP contribution in [0, 0.1) is 10.1 Å². The predicted octanol–water partition coefficient (Wildman–Crippen LogP) is 5.08. The van der Waals surface area contributed by atoms with Crippen molar-refractivity contribution in [1.82, 2.24) is 4.57 Å². The number of hydrogen-bond donors (Lipinski definition) is 0. The predicted molar refractivity (Wildman–Crippen MR) is 173 cm³/mol. The molecule has 0 unspecified atom stereocenters. The highest BCUT2D eigenvalue weighted by atomic mass is 32.1. The molecule has 0 radical (unpaired) electrons. The summed E-state index contributed by atoms with van der Waals surface area (Å²) in [5.41, 5.74) is 2.45. The zero-order valence-corrected chi connectivity index (χ0v) is 26.7. The number of ether oxygens (including phenoxy) is 4. The Balaban J connectivity index is 1.64. The number of rotatable bonds is 12. The molecule has 0 bridgehead atoms. The molecule has 0 amide bonds. The quantitative estimate of drug-likeness (QED) is 0.119. The lowest BCUT2D eigenvalue weighted by Crippen LogP contribution is -2.40. The van der Waals surface area contributed by atoms with Crippen molar-refractivity contribution in [3.8, 4) is 17.2 Å². The highest BCUT2D eigenvalue weighted by Gasteiger charge is 2.36. The van der Waals surface area contributed by atoms with Gasteiger partial charge in [0.25, 0.3) is 11.2 Å². The van der Waals surface area contributed by atoms with E-state index in [1.807, 2.05) is 25.1 Å². The first-order valence-corrected chi connectivity index (χ1v) is 15.5. The summed E-state index contributed by atoms with van der Waals surface area (Å²) in [6.45, 7) is 4.05. The summed E-state index contributed by atoms with van der Waals surface area (Å²) in [4.78, 5) is 43.6. The zero-order valence-electron chi connectivity index (χ0n) is 25.8. The fourth-order valence-corrected chi connectivity index (χ4v) is 6.23. The maximum absolute atomic E-state index is 14.3. The Hall–Kier alpha value is -5.23. The molecule has 1 aromatic heterocycles. The number of methoxy groups -OCH3 is 2. The van der Waals surface area contributed by atoms with Crippen LogP contribution in [0.5, 0.6) is 17.2 Å². The summed E-state index contributed by atoms with van der Waals surface area (Å²) in [5.74, 6) is 0.986. The van der Waals surface area contributed by atoms with Gasteiger partial charge in [-0.2, -0.15) is 0 Å². The van der Waals surface area contributed by atoms with Gasteiger partial charge >= 0.3 is 5.97 Å². The van der Waals surface area contributed by atoms with E-state index in [1.165, 1.54) is 35.1 Å². The van der Waals surface area contributed by atoms with Crippen LogP contribution in [0.15, 0.2) is 87.8 Å². The molecule has 12 heteroatoms. The minimum absolute atomic E-state index is 0.00222. The van der Waals surface area contributed by atoms with E-state index in [1.54, 1.807) is 56.5 Å². The van der Waals surface area contributed by atoms with E-state index < -0.39 is 16.9 Å². The number of hydrogen-bond acceptors (Lipinski definition) is 10. The van der Waals surface area contributed by atoms with Crippen LogP contribution in [0.2, 0.25) is 0 Å². The van der Waals surface area contributed by atoms with E-state index in [0.29, 0.717) is 49.8 Å². The Morgan fingerprint density at radius 1 is 1.04 bits per heavy atom. The number of esters is 1. The Kier molecular flexibility index (Phi) is 9.97. The van der Waals surface area contributed by atoms with Gasteiger partial charge in [-0.15, -0.1) is 0 Å². The molecule has 0 spiro atoms. The minimum atomic E-state index is -0.877. The van der Waals surface area contributed by atoms with Gasteiger partial charge in [0, 0.05) is 23.3 Å². The number of non-ortho nitro benzene ring substituents is 1. The van der Waals surface area contributed by atoms with Gasteiger partial charge in [-0.25, -0.2) is 9.79 Å². The molecule has 1 atom stereocenters. The monoisotopic (exact) mass is 643 g/mol. The summed E-state index contributed by atoms with van der Waals surface area (Å²) in [6, 6.07) is 17.8. The number of carbonyl (C=O) groups excluding carboxylic acids is 1. The van der Waals surface area contributed by atoms with Crippen molar-refractivity contribution in [2.45, 2.75) is 39.3 Å². The highest BCUT2D eigenvalue weighted by molar-refractivity contribution is 7.07. The number of fused-ring (bicyclic) bond motifs is 1. The van der Waals surface area contributed by atoms with Gasteiger partial charge < -0.3 is 18.9 Å². The number of para-hydroxylation sites is 1. The molecule has 3 aromatic carbocycles. The third-order valence-electron chi connectivity index (χ3n) is 7.37. The molecule has 0 aliphatic carbocycles. The number of allylic oxidation sites excluding steroid dienone is 1. The van der Waals surface area contributed by atoms with Crippen LogP contribution in [0.4, 0.5) is 5.69 Å². The third-order valence-corrected chi connectivity index (χ3v) is 8.35. The first kappa shape index (κ1) is 32.2. The Morgan fingerprint density at radius 2 is 1.80 bits per heavy atom. The first-order valence-electron chi connectivity index (χ1n) is 14.7. The van der Waals surface area contributed by atoms with Crippen molar-refractivity contribution < 1.29 is 28.7 Å². The van der Waals surface area contributed by atoms with E-state index in [2.05, 4.69) is 0 Å². The topological polar surface area (TPSA) is 131 Å².